The Labute approximate surface area is 126 Å². The van der Waals surface area contributed by atoms with Crippen LogP contribution in [0.15, 0.2) is 39.0 Å². The Bertz CT molecular complexity index is 824. The van der Waals surface area contributed by atoms with E-state index in [0.717, 1.165) is 28.5 Å². The van der Waals surface area contributed by atoms with Gasteiger partial charge in [-0.25, -0.2) is 9.36 Å². The van der Waals surface area contributed by atoms with Crippen LogP contribution in [0, 0.1) is 0 Å². The van der Waals surface area contributed by atoms with Crippen molar-refractivity contribution in [2.75, 3.05) is 0 Å². The average molecular weight is 330 g/mol. The molecular weight excluding hydrogens is 321 g/mol. The zero-order valence-electron chi connectivity index (χ0n) is 11.1. The zero-order valence-corrected chi connectivity index (χ0v) is 11.9. The highest BCUT2D eigenvalue weighted by Gasteiger charge is 2.43. The maximum absolute atomic E-state index is 12.8. The number of hydrogen-bond acceptors (Lipinski definition) is 5. The van der Waals surface area contributed by atoms with Gasteiger partial charge in [0.2, 0.25) is 10.8 Å². The number of alkyl halides is 3. The van der Waals surface area contributed by atoms with Gasteiger partial charge in [0, 0.05) is 11.3 Å². The van der Waals surface area contributed by atoms with Gasteiger partial charge in [-0.05, 0) is 24.5 Å². The van der Waals surface area contributed by atoms with Crippen LogP contribution in [0.5, 0.6) is 0 Å². The second-order valence-electron chi connectivity index (χ2n) is 4.71. The first-order chi connectivity index (χ1) is 10.2. The van der Waals surface area contributed by atoms with Crippen LogP contribution in [0.4, 0.5) is 13.2 Å². The summed E-state index contributed by atoms with van der Waals surface area (Å²) in [6.45, 7) is 1.60. The molecule has 1 atom stereocenters. The van der Waals surface area contributed by atoms with Crippen molar-refractivity contribution in [3.63, 3.8) is 0 Å². The monoisotopic (exact) mass is 330 g/mol. The van der Waals surface area contributed by atoms with Crippen molar-refractivity contribution in [1.29, 1.82) is 0 Å². The Morgan fingerprint density at radius 3 is 2.82 bits per heavy atom. The van der Waals surface area contributed by atoms with Gasteiger partial charge < -0.3 is 5.11 Å². The van der Waals surface area contributed by atoms with Crippen molar-refractivity contribution in [1.82, 2.24) is 9.72 Å². The predicted octanol–water partition coefficient (Wildman–Crippen LogP) is 2.61. The van der Waals surface area contributed by atoms with E-state index >= 15 is 0 Å². The Morgan fingerprint density at radius 2 is 2.14 bits per heavy atom. The summed E-state index contributed by atoms with van der Waals surface area (Å²) >= 11 is 0.846. The summed E-state index contributed by atoms with van der Waals surface area (Å²) in [5, 5.41) is 15.8. The highest BCUT2D eigenvalue weighted by molar-refractivity contribution is 8.03. The fourth-order valence-electron chi connectivity index (χ4n) is 2.15. The number of nitrogens with zero attached hydrogens (tertiary/aromatic N) is 2. The van der Waals surface area contributed by atoms with E-state index in [2.05, 4.69) is 9.68 Å². The lowest BCUT2D eigenvalue weighted by Crippen LogP contribution is -2.32. The SMILES string of the molecule is CC1=CS[C@@](O)(c2cccc(C(F)(F)F)c2)c2noc(=O)n21. The first-order valence-corrected chi connectivity index (χ1v) is 6.96. The lowest BCUT2D eigenvalue weighted by atomic mass is 10.0. The fraction of sp³-hybridized carbons (Fsp3) is 0.231. The first-order valence-electron chi connectivity index (χ1n) is 6.08. The van der Waals surface area contributed by atoms with Crippen LogP contribution in [0.3, 0.4) is 0 Å². The summed E-state index contributed by atoms with van der Waals surface area (Å²) in [6.07, 6.45) is -4.54. The first kappa shape index (κ1) is 14.9. The maximum Gasteiger partial charge on any atom is 0.446 e. The molecule has 2 heterocycles. The summed E-state index contributed by atoms with van der Waals surface area (Å²) in [5.41, 5.74) is -0.483. The van der Waals surface area contributed by atoms with Gasteiger partial charge in [-0.2, -0.15) is 13.2 Å². The summed E-state index contributed by atoms with van der Waals surface area (Å²) in [6, 6.07) is 4.24. The lowest BCUT2D eigenvalue weighted by Gasteiger charge is -2.29. The zero-order chi connectivity index (χ0) is 16.1. The van der Waals surface area contributed by atoms with Gasteiger partial charge in [-0.15, -0.1) is 0 Å². The standard InChI is InChI=1S/C13H9F3N2O3S/c1-7-6-22-12(20,10-17-21-11(19)18(7)10)8-3-2-4-9(5-8)13(14,15)16/h2-6,20H,1H3/t12-/m0/s1. The molecule has 0 saturated carbocycles. The minimum absolute atomic E-state index is 0.0434. The van der Waals surface area contributed by atoms with Crippen LogP contribution in [0.25, 0.3) is 5.70 Å². The number of hydrogen-bond donors (Lipinski definition) is 1. The molecule has 1 aromatic heterocycles. The smallest absolute Gasteiger partial charge is 0.368 e. The van der Waals surface area contributed by atoms with Crippen molar-refractivity contribution in [2.45, 2.75) is 18.0 Å². The Balaban J connectivity index is 2.18. The van der Waals surface area contributed by atoms with E-state index < -0.39 is 22.4 Å². The third-order valence-electron chi connectivity index (χ3n) is 3.24. The molecule has 0 fully saturated rings. The number of aliphatic hydroxyl groups is 1. The van der Waals surface area contributed by atoms with Crippen LogP contribution in [0.2, 0.25) is 0 Å². The summed E-state index contributed by atoms with van der Waals surface area (Å²) in [4.78, 5) is 9.67. The molecule has 0 unspecified atom stereocenters. The second-order valence-corrected chi connectivity index (χ2v) is 5.77. The molecule has 5 nitrogen and oxygen atoms in total. The topological polar surface area (TPSA) is 68.3 Å². The summed E-state index contributed by atoms with van der Waals surface area (Å²) in [7, 11) is 0. The van der Waals surface area contributed by atoms with Crippen molar-refractivity contribution in [3.05, 3.63) is 57.2 Å². The molecule has 0 bridgehead atoms. The quantitative estimate of drug-likeness (QED) is 0.870. The van der Waals surface area contributed by atoms with Gasteiger partial charge in [0.1, 0.15) is 0 Å². The van der Waals surface area contributed by atoms with Crippen molar-refractivity contribution >= 4 is 17.5 Å². The maximum atomic E-state index is 12.8. The predicted molar refractivity (Wildman–Crippen MR) is 72.7 cm³/mol. The van der Waals surface area contributed by atoms with Crippen LogP contribution in [0.1, 0.15) is 23.9 Å². The minimum atomic E-state index is -4.54. The van der Waals surface area contributed by atoms with Gasteiger partial charge in [0.25, 0.3) is 0 Å². The van der Waals surface area contributed by atoms with Gasteiger partial charge in [-0.3, -0.25) is 4.52 Å². The number of halogens is 3. The molecule has 0 spiro atoms. The number of benzene rings is 1. The molecule has 0 aliphatic carbocycles. The van der Waals surface area contributed by atoms with E-state index in [1.807, 2.05) is 0 Å². The molecule has 2 aromatic rings. The highest BCUT2D eigenvalue weighted by Crippen LogP contribution is 2.45. The molecule has 9 heteroatoms. The summed E-state index contributed by atoms with van der Waals surface area (Å²) < 4.78 is 44.0. The van der Waals surface area contributed by atoms with Gasteiger partial charge in [0.15, 0.2) is 0 Å². The highest BCUT2D eigenvalue weighted by atomic mass is 32.2. The number of thioether (sulfide) groups is 1. The van der Waals surface area contributed by atoms with Crippen LogP contribution in [-0.4, -0.2) is 14.8 Å². The van der Waals surface area contributed by atoms with Gasteiger partial charge in [-0.1, -0.05) is 29.1 Å². The molecule has 0 saturated heterocycles. The van der Waals surface area contributed by atoms with Crippen molar-refractivity contribution < 1.29 is 22.8 Å². The number of fused-ring (bicyclic) bond motifs is 1. The molecular formula is C13H9F3N2O3S. The van der Waals surface area contributed by atoms with Crippen LogP contribution >= 0.6 is 11.8 Å². The van der Waals surface area contributed by atoms with E-state index in [4.69, 9.17) is 0 Å². The third-order valence-corrected chi connectivity index (χ3v) is 4.46. The Hall–Kier alpha value is -2.00. The van der Waals surface area contributed by atoms with E-state index in [9.17, 15) is 23.1 Å². The molecule has 0 amide bonds. The largest absolute Gasteiger partial charge is 0.446 e. The number of aromatic nitrogens is 2. The van der Waals surface area contributed by atoms with E-state index in [1.54, 1.807) is 6.92 Å². The van der Waals surface area contributed by atoms with Crippen LogP contribution in [-0.2, 0) is 11.1 Å². The fourth-order valence-corrected chi connectivity index (χ4v) is 3.10. The average Bonchev–Trinajstić information content (AvgIpc) is 2.86. The lowest BCUT2D eigenvalue weighted by molar-refractivity contribution is -0.137. The number of allylic oxidation sites excluding steroid dienone is 1. The van der Waals surface area contributed by atoms with E-state index in [-0.39, 0.29) is 11.4 Å². The van der Waals surface area contributed by atoms with E-state index in [0.29, 0.717) is 5.70 Å². The molecule has 22 heavy (non-hydrogen) atoms. The number of rotatable bonds is 1. The van der Waals surface area contributed by atoms with E-state index in [1.165, 1.54) is 17.5 Å². The molecule has 116 valence electrons. The third kappa shape index (κ3) is 2.17. The van der Waals surface area contributed by atoms with Gasteiger partial charge >= 0.3 is 11.9 Å². The molecule has 0 radical (unpaired) electrons. The molecule has 1 aromatic carbocycles. The van der Waals surface area contributed by atoms with Crippen LogP contribution < -0.4 is 5.76 Å². The van der Waals surface area contributed by atoms with Crippen molar-refractivity contribution in [2.24, 2.45) is 0 Å². The Morgan fingerprint density at radius 1 is 1.41 bits per heavy atom. The second kappa shape index (κ2) is 4.75. The van der Waals surface area contributed by atoms with Gasteiger partial charge in [0.05, 0.1) is 5.56 Å². The molecule has 1 aliphatic rings. The van der Waals surface area contributed by atoms with Crippen molar-refractivity contribution in [3.8, 4) is 0 Å². The molecule has 1 aliphatic heterocycles. The molecule has 3 rings (SSSR count). The summed E-state index contributed by atoms with van der Waals surface area (Å²) in [5.74, 6) is -0.976. The normalized spacial score (nSPS) is 21.4. The minimum Gasteiger partial charge on any atom is -0.368 e. The molecule has 1 N–H and O–H groups in total. The Kier molecular flexibility index (Phi) is 3.22.